The molecular formula is C20H24N4OS2. The summed E-state index contributed by atoms with van der Waals surface area (Å²) in [5, 5.41) is 14.2. The Balaban J connectivity index is 1.52. The van der Waals surface area contributed by atoms with Crippen molar-refractivity contribution < 1.29 is 4.79 Å². The van der Waals surface area contributed by atoms with Gasteiger partial charge in [0.15, 0.2) is 5.16 Å². The molecular weight excluding hydrogens is 376 g/mol. The summed E-state index contributed by atoms with van der Waals surface area (Å²) in [5.74, 6) is 0.361. The number of amides is 1. The molecule has 2 aromatic heterocycles. The van der Waals surface area contributed by atoms with Crippen LogP contribution in [0.25, 0.3) is 0 Å². The lowest BCUT2D eigenvalue weighted by molar-refractivity contribution is -0.119. The van der Waals surface area contributed by atoms with E-state index in [9.17, 15) is 4.79 Å². The van der Waals surface area contributed by atoms with Crippen LogP contribution in [0.5, 0.6) is 0 Å². The van der Waals surface area contributed by atoms with Gasteiger partial charge in [-0.05, 0) is 29.9 Å². The van der Waals surface area contributed by atoms with Gasteiger partial charge in [-0.2, -0.15) is 0 Å². The average molecular weight is 401 g/mol. The zero-order valence-electron chi connectivity index (χ0n) is 15.4. The molecule has 0 radical (unpaired) electrons. The van der Waals surface area contributed by atoms with Crippen LogP contribution < -0.4 is 5.32 Å². The molecule has 0 saturated heterocycles. The normalized spacial score (nSPS) is 12.0. The third kappa shape index (κ3) is 5.94. The first kappa shape index (κ1) is 19.6. The number of thiophene rings is 1. The molecule has 27 heavy (non-hydrogen) atoms. The fourth-order valence-corrected chi connectivity index (χ4v) is 4.31. The van der Waals surface area contributed by atoms with E-state index < -0.39 is 0 Å². The number of thioether (sulfide) groups is 1. The SMILES string of the molecule is CCCC(NC(=O)CSc1nncn1CCc1cccs1)c1ccccc1. The first-order valence-corrected chi connectivity index (χ1v) is 11.0. The van der Waals surface area contributed by atoms with E-state index in [4.69, 9.17) is 0 Å². The minimum atomic E-state index is 0.0232. The van der Waals surface area contributed by atoms with Crippen molar-refractivity contribution in [2.24, 2.45) is 0 Å². The summed E-state index contributed by atoms with van der Waals surface area (Å²) in [6, 6.07) is 14.4. The van der Waals surface area contributed by atoms with Gasteiger partial charge in [-0.3, -0.25) is 4.79 Å². The maximum atomic E-state index is 12.5. The van der Waals surface area contributed by atoms with E-state index in [1.807, 2.05) is 22.8 Å². The van der Waals surface area contributed by atoms with Crippen molar-refractivity contribution in [3.8, 4) is 0 Å². The van der Waals surface area contributed by atoms with Crippen molar-refractivity contribution in [1.82, 2.24) is 20.1 Å². The van der Waals surface area contributed by atoms with E-state index in [1.165, 1.54) is 16.6 Å². The lowest BCUT2D eigenvalue weighted by Crippen LogP contribution is -2.30. The fourth-order valence-electron chi connectivity index (χ4n) is 2.86. The van der Waals surface area contributed by atoms with Gasteiger partial charge in [-0.15, -0.1) is 21.5 Å². The standard InChI is InChI=1S/C20H24N4OS2/c1-2-7-18(16-8-4-3-5-9-16)22-19(25)14-27-20-23-21-15-24(20)12-11-17-10-6-13-26-17/h3-6,8-10,13,15,18H,2,7,11-12,14H2,1H3,(H,22,25). The van der Waals surface area contributed by atoms with Gasteiger partial charge in [0.2, 0.25) is 5.91 Å². The number of nitrogens with one attached hydrogen (secondary N) is 1. The minimum Gasteiger partial charge on any atom is -0.349 e. The smallest absolute Gasteiger partial charge is 0.230 e. The quantitative estimate of drug-likeness (QED) is 0.515. The van der Waals surface area contributed by atoms with Crippen LogP contribution >= 0.6 is 23.1 Å². The average Bonchev–Trinajstić information content (AvgIpc) is 3.36. The first-order chi connectivity index (χ1) is 13.3. The molecule has 1 amide bonds. The van der Waals surface area contributed by atoms with Gasteiger partial charge in [0.1, 0.15) is 6.33 Å². The largest absolute Gasteiger partial charge is 0.349 e. The highest BCUT2D eigenvalue weighted by molar-refractivity contribution is 7.99. The number of carbonyl (C=O) groups is 1. The Kier molecular flexibility index (Phi) is 7.47. The van der Waals surface area contributed by atoms with Gasteiger partial charge in [0.25, 0.3) is 0 Å². The lowest BCUT2D eigenvalue weighted by Gasteiger charge is -2.18. The second-order valence-electron chi connectivity index (χ2n) is 6.24. The van der Waals surface area contributed by atoms with Crippen molar-refractivity contribution in [2.75, 3.05) is 5.75 Å². The highest BCUT2D eigenvalue weighted by atomic mass is 32.2. The molecule has 142 valence electrons. The lowest BCUT2D eigenvalue weighted by atomic mass is 10.0. The van der Waals surface area contributed by atoms with Crippen LogP contribution in [-0.4, -0.2) is 26.4 Å². The highest BCUT2D eigenvalue weighted by Crippen LogP contribution is 2.20. The highest BCUT2D eigenvalue weighted by Gasteiger charge is 2.15. The van der Waals surface area contributed by atoms with Gasteiger partial charge < -0.3 is 9.88 Å². The third-order valence-corrected chi connectivity index (χ3v) is 6.12. The minimum absolute atomic E-state index is 0.0232. The molecule has 0 fully saturated rings. The Bertz CT molecular complexity index is 818. The van der Waals surface area contributed by atoms with Gasteiger partial charge in [0, 0.05) is 11.4 Å². The Hall–Kier alpha value is -2.12. The van der Waals surface area contributed by atoms with E-state index in [-0.39, 0.29) is 11.9 Å². The number of aryl methyl sites for hydroxylation is 2. The molecule has 1 unspecified atom stereocenters. The number of hydrogen-bond acceptors (Lipinski definition) is 5. The summed E-state index contributed by atoms with van der Waals surface area (Å²) in [6.07, 6.45) is 4.63. The zero-order valence-corrected chi connectivity index (χ0v) is 17.0. The molecule has 7 heteroatoms. The van der Waals surface area contributed by atoms with E-state index in [0.717, 1.165) is 36.5 Å². The van der Waals surface area contributed by atoms with Crippen molar-refractivity contribution in [3.63, 3.8) is 0 Å². The van der Waals surface area contributed by atoms with Gasteiger partial charge in [0.05, 0.1) is 11.8 Å². The molecule has 3 aromatic rings. The predicted octanol–water partition coefficient (Wildman–Crippen LogP) is 4.33. The Morgan fingerprint density at radius 1 is 1.26 bits per heavy atom. The molecule has 0 spiro atoms. The van der Waals surface area contributed by atoms with Crippen LogP contribution in [-0.2, 0) is 17.8 Å². The molecule has 3 rings (SSSR count). The van der Waals surface area contributed by atoms with Gasteiger partial charge >= 0.3 is 0 Å². The Labute approximate surface area is 168 Å². The van der Waals surface area contributed by atoms with Crippen LogP contribution in [0.4, 0.5) is 0 Å². The summed E-state index contributed by atoms with van der Waals surface area (Å²) < 4.78 is 2.01. The molecule has 0 aliphatic rings. The molecule has 2 heterocycles. The van der Waals surface area contributed by atoms with Crippen LogP contribution in [0.2, 0.25) is 0 Å². The topological polar surface area (TPSA) is 59.8 Å². The molecule has 0 aliphatic carbocycles. The zero-order chi connectivity index (χ0) is 18.9. The molecule has 0 saturated carbocycles. The number of hydrogen-bond donors (Lipinski definition) is 1. The summed E-state index contributed by atoms with van der Waals surface area (Å²) in [6.45, 7) is 2.95. The third-order valence-electron chi connectivity index (χ3n) is 4.21. The second kappa shape index (κ2) is 10.3. The van der Waals surface area contributed by atoms with Crippen molar-refractivity contribution >= 4 is 29.0 Å². The second-order valence-corrected chi connectivity index (χ2v) is 8.22. The molecule has 1 atom stereocenters. The van der Waals surface area contributed by atoms with Crippen molar-refractivity contribution in [1.29, 1.82) is 0 Å². The maximum absolute atomic E-state index is 12.5. The van der Waals surface area contributed by atoms with Crippen LogP contribution in [0.3, 0.4) is 0 Å². The van der Waals surface area contributed by atoms with E-state index in [0.29, 0.717) is 5.75 Å². The van der Waals surface area contributed by atoms with Crippen LogP contribution in [0.1, 0.15) is 36.2 Å². The monoisotopic (exact) mass is 400 g/mol. The maximum Gasteiger partial charge on any atom is 0.230 e. The molecule has 1 aromatic carbocycles. The molecule has 5 nitrogen and oxygen atoms in total. The molecule has 0 bridgehead atoms. The van der Waals surface area contributed by atoms with Crippen molar-refractivity contribution in [2.45, 2.75) is 43.9 Å². The number of carbonyl (C=O) groups excluding carboxylic acids is 1. The van der Waals surface area contributed by atoms with Crippen LogP contribution in [0.15, 0.2) is 59.3 Å². The Morgan fingerprint density at radius 3 is 2.85 bits per heavy atom. The first-order valence-electron chi connectivity index (χ1n) is 9.13. The number of benzene rings is 1. The van der Waals surface area contributed by atoms with E-state index in [1.54, 1.807) is 17.7 Å². The molecule has 0 aliphatic heterocycles. The summed E-state index contributed by atoms with van der Waals surface area (Å²) in [4.78, 5) is 13.8. The number of aromatic nitrogens is 3. The van der Waals surface area contributed by atoms with Gasteiger partial charge in [-0.1, -0.05) is 61.5 Å². The number of nitrogens with zero attached hydrogens (tertiary/aromatic N) is 3. The Morgan fingerprint density at radius 2 is 2.11 bits per heavy atom. The fraction of sp³-hybridized carbons (Fsp3) is 0.350. The molecule has 1 N–H and O–H groups in total. The van der Waals surface area contributed by atoms with E-state index >= 15 is 0 Å². The summed E-state index contributed by atoms with van der Waals surface area (Å²) in [7, 11) is 0. The number of rotatable bonds is 10. The van der Waals surface area contributed by atoms with Crippen molar-refractivity contribution in [3.05, 3.63) is 64.6 Å². The van der Waals surface area contributed by atoms with E-state index in [2.05, 4.69) is 52.1 Å². The predicted molar refractivity (Wildman–Crippen MR) is 111 cm³/mol. The van der Waals surface area contributed by atoms with Crippen LogP contribution in [0, 0.1) is 0 Å². The van der Waals surface area contributed by atoms with Gasteiger partial charge in [-0.25, -0.2) is 0 Å². The summed E-state index contributed by atoms with van der Waals surface area (Å²) in [5.41, 5.74) is 1.15. The summed E-state index contributed by atoms with van der Waals surface area (Å²) >= 11 is 3.19.